The smallest absolute Gasteiger partial charge is 0.336 e. The molecule has 6 heteroatoms. The van der Waals surface area contributed by atoms with Gasteiger partial charge in [0.25, 0.3) is 0 Å². The van der Waals surface area contributed by atoms with Crippen LogP contribution in [-0.2, 0) is 0 Å². The number of hydrogen-bond acceptors (Lipinski definition) is 4. The van der Waals surface area contributed by atoms with Crippen molar-refractivity contribution in [3.05, 3.63) is 82.9 Å². The zero-order chi connectivity index (χ0) is 33.4. The Morgan fingerprint density at radius 2 is 1.00 bits per heavy atom. The molecule has 2 saturated heterocycles. The van der Waals surface area contributed by atoms with Crippen LogP contribution >= 0.6 is 0 Å². The molecule has 0 aliphatic carbocycles. The number of aromatic carboxylic acids is 2. The molecule has 4 aromatic carbocycles. The third-order valence-corrected chi connectivity index (χ3v) is 10.1. The van der Waals surface area contributed by atoms with Crippen molar-refractivity contribution in [2.45, 2.75) is 115 Å². The van der Waals surface area contributed by atoms with Crippen molar-refractivity contribution >= 4 is 33.5 Å². The molecule has 2 aliphatic rings. The highest BCUT2D eigenvalue weighted by Gasteiger charge is 2.45. The van der Waals surface area contributed by atoms with Gasteiger partial charge in [0, 0.05) is 22.2 Å². The highest BCUT2D eigenvalue weighted by Crippen LogP contribution is 2.53. The third kappa shape index (κ3) is 5.82. The fourth-order valence-corrected chi connectivity index (χ4v) is 9.60. The van der Waals surface area contributed by atoms with Gasteiger partial charge < -0.3 is 20.8 Å². The van der Waals surface area contributed by atoms with E-state index in [0.29, 0.717) is 10.9 Å². The Hall–Kier alpha value is -3.74. The molecule has 0 unspecified atom stereocenters. The lowest BCUT2D eigenvalue weighted by molar-refractivity contribution is 0.0685. The number of rotatable bonds is 5. The van der Waals surface area contributed by atoms with Crippen LogP contribution in [-0.4, -0.2) is 44.3 Å². The first-order chi connectivity index (χ1) is 21.4. The average Bonchev–Trinajstić information content (AvgIpc) is 2.91. The van der Waals surface area contributed by atoms with Crippen LogP contribution in [0.3, 0.4) is 0 Å². The lowest BCUT2D eigenvalue weighted by Crippen LogP contribution is -2.58. The van der Waals surface area contributed by atoms with Gasteiger partial charge in [-0.15, -0.1) is 0 Å². The normalized spacial score (nSPS) is 21.0. The van der Waals surface area contributed by atoms with Gasteiger partial charge >= 0.3 is 11.9 Å². The predicted molar refractivity (Wildman–Crippen MR) is 187 cm³/mol. The molecular weight excluding hydrogens is 572 g/mol. The maximum atomic E-state index is 13.6. The monoisotopic (exact) mass is 620 g/mol. The second kappa shape index (κ2) is 10.9. The van der Waals surface area contributed by atoms with E-state index in [4.69, 9.17) is 0 Å². The summed E-state index contributed by atoms with van der Waals surface area (Å²) in [6, 6.07) is 19.3. The number of carboxylic acid groups (broad SMARTS) is 2. The average molecular weight is 621 g/mol. The summed E-state index contributed by atoms with van der Waals surface area (Å²) in [6.07, 6.45) is 3.29. The minimum absolute atomic E-state index is 0.00127. The summed E-state index contributed by atoms with van der Waals surface area (Å²) in [7, 11) is 0. The lowest BCUT2D eigenvalue weighted by Gasteiger charge is -2.50. The summed E-state index contributed by atoms with van der Waals surface area (Å²) < 4.78 is 0. The van der Waals surface area contributed by atoms with Gasteiger partial charge in [-0.25, -0.2) is 9.59 Å². The van der Waals surface area contributed by atoms with Crippen molar-refractivity contribution in [2.75, 3.05) is 0 Å². The zero-order valence-electron chi connectivity index (χ0n) is 28.5. The van der Waals surface area contributed by atoms with Gasteiger partial charge in [0.2, 0.25) is 0 Å². The van der Waals surface area contributed by atoms with Gasteiger partial charge in [-0.05, 0) is 143 Å². The molecule has 4 aromatic rings. The summed E-state index contributed by atoms with van der Waals surface area (Å²) in [4.78, 5) is 25.9. The van der Waals surface area contributed by atoms with Crippen molar-refractivity contribution < 1.29 is 19.8 Å². The number of hydrogen-bond donors (Lipinski definition) is 4. The molecule has 6 rings (SSSR count). The SMILES string of the molecule is CC1(C)CC(c2c(C3CC(C)(C)NC(C)(C)C3)c(-c3ccc(C(=O)O)c4ccccc34)c3ccccc3c2C(=O)O)CC(C)(C)N1. The van der Waals surface area contributed by atoms with Crippen LogP contribution in [0.4, 0.5) is 0 Å². The summed E-state index contributed by atoms with van der Waals surface area (Å²) in [5.41, 5.74) is 3.96. The molecule has 2 heterocycles. The minimum atomic E-state index is -0.962. The number of benzene rings is 4. The molecule has 6 nitrogen and oxygen atoms in total. The number of piperidine rings is 2. The molecule has 2 fully saturated rings. The number of fused-ring (bicyclic) bond motifs is 2. The number of nitrogens with one attached hydrogen (secondary N) is 2. The Labute approximate surface area is 272 Å². The van der Waals surface area contributed by atoms with E-state index in [1.165, 1.54) is 0 Å². The van der Waals surface area contributed by atoms with Gasteiger partial charge in [-0.2, -0.15) is 0 Å². The van der Waals surface area contributed by atoms with Crippen LogP contribution in [0, 0.1) is 0 Å². The summed E-state index contributed by atoms with van der Waals surface area (Å²) >= 11 is 0. The van der Waals surface area contributed by atoms with E-state index in [1.807, 2.05) is 48.5 Å². The molecule has 46 heavy (non-hydrogen) atoms. The Balaban J connectivity index is 1.82. The molecule has 4 N–H and O–H groups in total. The second-order valence-corrected chi connectivity index (χ2v) is 16.4. The highest BCUT2D eigenvalue weighted by atomic mass is 16.4. The first kappa shape index (κ1) is 32.2. The maximum absolute atomic E-state index is 13.6. The van der Waals surface area contributed by atoms with Gasteiger partial charge in [0.1, 0.15) is 0 Å². The van der Waals surface area contributed by atoms with Crippen molar-refractivity contribution in [3.8, 4) is 11.1 Å². The van der Waals surface area contributed by atoms with E-state index in [0.717, 1.165) is 64.1 Å². The Kier molecular flexibility index (Phi) is 7.65. The largest absolute Gasteiger partial charge is 0.478 e. The van der Waals surface area contributed by atoms with E-state index < -0.39 is 11.9 Å². The molecule has 0 saturated carbocycles. The standard InChI is InChI=1S/C40H48N2O4/c1-37(2)19-23(20-38(3,4)41-37)31-32(24-21-39(5,6)42-40(7,8)22-24)34(36(45)46)28-16-12-11-15-27(28)33(31)29-17-18-30(35(43)44)26-14-10-9-13-25(26)29/h9-18,23-24,41-42H,19-22H2,1-8H3,(H,43,44)(H,45,46). The van der Waals surface area contributed by atoms with Gasteiger partial charge in [-0.3, -0.25) is 0 Å². The van der Waals surface area contributed by atoms with Crippen LogP contribution < -0.4 is 10.6 Å². The third-order valence-electron chi connectivity index (χ3n) is 10.1. The quantitative estimate of drug-likeness (QED) is 0.178. The van der Waals surface area contributed by atoms with Crippen molar-refractivity contribution in [2.24, 2.45) is 0 Å². The van der Waals surface area contributed by atoms with Crippen LogP contribution in [0.2, 0.25) is 0 Å². The molecule has 0 radical (unpaired) electrons. The van der Waals surface area contributed by atoms with Crippen molar-refractivity contribution in [1.29, 1.82) is 0 Å². The van der Waals surface area contributed by atoms with Gasteiger partial charge in [-0.1, -0.05) is 54.6 Å². The minimum Gasteiger partial charge on any atom is -0.478 e. The highest BCUT2D eigenvalue weighted by molar-refractivity contribution is 6.16. The maximum Gasteiger partial charge on any atom is 0.336 e. The van der Waals surface area contributed by atoms with E-state index >= 15 is 0 Å². The Morgan fingerprint density at radius 1 is 0.565 bits per heavy atom. The zero-order valence-corrected chi connectivity index (χ0v) is 28.5. The Bertz CT molecular complexity index is 1850. The molecule has 0 amide bonds. The first-order valence-electron chi connectivity index (χ1n) is 16.5. The molecule has 0 bridgehead atoms. The van der Waals surface area contributed by atoms with Gasteiger partial charge in [0.15, 0.2) is 0 Å². The van der Waals surface area contributed by atoms with Crippen molar-refractivity contribution in [1.82, 2.24) is 10.6 Å². The van der Waals surface area contributed by atoms with E-state index in [1.54, 1.807) is 6.07 Å². The fourth-order valence-electron chi connectivity index (χ4n) is 9.60. The molecule has 0 aromatic heterocycles. The van der Waals surface area contributed by atoms with Crippen LogP contribution in [0.1, 0.15) is 125 Å². The number of carboxylic acids is 2. The van der Waals surface area contributed by atoms with Gasteiger partial charge in [0.05, 0.1) is 11.1 Å². The second-order valence-electron chi connectivity index (χ2n) is 16.4. The summed E-state index contributed by atoms with van der Waals surface area (Å²) in [6.45, 7) is 17.9. The summed E-state index contributed by atoms with van der Waals surface area (Å²) in [5, 5.41) is 32.1. The topological polar surface area (TPSA) is 98.7 Å². The Morgan fingerprint density at radius 3 is 1.48 bits per heavy atom. The van der Waals surface area contributed by atoms with Crippen LogP contribution in [0.5, 0.6) is 0 Å². The molecular formula is C40H48N2O4. The fraction of sp³-hybridized carbons (Fsp3) is 0.450. The molecule has 0 atom stereocenters. The van der Waals surface area contributed by atoms with E-state index in [9.17, 15) is 19.8 Å². The number of carbonyl (C=O) groups is 2. The van der Waals surface area contributed by atoms with E-state index in [-0.39, 0.29) is 39.6 Å². The first-order valence-corrected chi connectivity index (χ1v) is 16.5. The van der Waals surface area contributed by atoms with Crippen molar-refractivity contribution in [3.63, 3.8) is 0 Å². The van der Waals surface area contributed by atoms with E-state index in [2.05, 4.69) is 72.1 Å². The summed E-state index contributed by atoms with van der Waals surface area (Å²) in [5.74, 6) is -1.79. The predicted octanol–water partition coefficient (Wildman–Crippen LogP) is 9.10. The molecule has 242 valence electrons. The lowest BCUT2D eigenvalue weighted by atomic mass is 9.64. The molecule has 0 spiro atoms. The van der Waals surface area contributed by atoms with Crippen LogP contribution in [0.15, 0.2) is 60.7 Å². The molecule has 2 aliphatic heterocycles. The van der Waals surface area contributed by atoms with Crippen LogP contribution in [0.25, 0.3) is 32.7 Å².